The summed E-state index contributed by atoms with van der Waals surface area (Å²) in [5.74, 6) is 0. The van der Waals surface area contributed by atoms with Gasteiger partial charge in [0.2, 0.25) is 12.7 Å². The van der Waals surface area contributed by atoms with Gasteiger partial charge in [-0.25, -0.2) is 8.78 Å². The second-order valence-corrected chi connectivity index (χ2v) is 3.96. The molecule has 0 heterocycles. The summed E-state index contributed by atoms with van der Waals surface area (Å²) in [6.07, 6.45) is -4.85. The smallest absolute Gasteiger partial charge is 0.207 e. The summed E-state index contributed by atoms with van der Waals surface area (Å²) in [5, 5.41) is 20.0. The van der Waals surface area contributed by atoms with Crippen LogP contribution in [0.4, 0.5) is 8.78 Å². The van der Waals surface area contributed by atoms with Crippen LogP contribution in [-0.4, -0.2) is 34.1 Å². The maximum absolute atomic E-state index is 12.6. The van der Waals surface area contributed by atoms with E-state index in [-0.39, 0.29) is 24.0 Å². The molecule has 0 aromatic rings. The van der Waals surface area contributed by atoms with Gasteiger partial charge in [0, 0.05) is 6.04 Å². The monoisotopic (exact) mass is 226 g/mol. The second-order valence-electron chi connectivity index (χ2n) is 3.52. The first-order chi connectivity index (χ1) is 6.38. The molecule has 0 radical (unpaired) electrons. The Balaban J connectivity index is 2.52. The van der Waals surface area contributed by atoms with Crippen molar-refractivity contribution in [1.29, 1.82) is 0 Å². The van der Waals surface area contributed by atoms with Crippen molar-refractivity contribution >= 4 is 17.3 Å². The van der Waals surface area contributed by atoms with Gasteiger partial charge in [0.25, 0.3) is 0 Å². The van der Waals surface area contributed by atoms with E-state index in [1.807, 2.05) is 0 Å². The van der Waals surface area contributed by atoms with Crippen molar-refractivity contribution in [2.45, 2.75) is 31.6 Å². The Kier molecular flexibility index (Phi) is 3.23. The Hall–Kier alpha value is -0.530. The molecule has 1 saturated carbocycles. The SMILES string of the molecule is NC(=S)NC1CC(C(O)F)(C(O)F)C1. The number of nitrogens with two attached hydrogens (primary N) is 1. The van der Waals surface area contributed by atoms with Crippen LogP contribution in [0.15, 0.2) is 0 Å². The van der Waals surface area contributed by atoms with Gasteiger partial charge in [-0.05, 0) is 25.1 Å². The zero-order valence-electron chi connectivity index (χ0n) is 7.28. The molecule has 0 aliphatic heterocycles. The lowest BCUT2D eigenvalue weighted by Gasteiger charge is -2.47. The zero-order valence-corrected chi connectivity index (χ0v) is 8.10. The fraction of sp³-hybridized carbons (Fsp3) is 0.857. The van der Waals surface area contributed by atoms with Crippen molar-refractivity contribution in [3.63, 3.8) is 0 Å². The van der Waals surface area contributed by atoms with Gasteiger partial charge in [-0.1, -0.05) is 0 Å². The molecule has 1 rings (SSSR count). The Morgan fingerprint density at radius 1 is 1.43 bits per heavy atom. The average Bonchev–Trinajstić information content (AvgIpc) is 1.93. The number of aliphatic hydroxyl groups is 2. The number of rotatable bonds is 3. The number of aliphatic hydroxyl groups excluding tert-OH is 2. The second kappa shape index (κ2) is 3.92. The number of alkyl halides is 2. The minimum atomic E-state index is -2.38. The highest BCUT2D eigenvalue weighted by molar-refractivity contribution is 7.80. The van der Waals surface area contributed by atoms with Crippen molar-refractivity contribution in [1.82, 2.24) is 5.32 Å². The van der Waals surface area contributed by atoms with Gasteiger partial charge in [-0.3, -0.25) is 0 Å². The third-order valence-electron chi connectivity index (χ3n) is 2.55. The van der Waals surface area contributed by atoms with E-state index in [2.05, 4.69) is 17.5 Å². The van der Waals surface area contributed by atoms with E-state index in [0.717, 1.165) is 0 Å². The predicted octanol–water partition coefficient (Wildman–Crippen LogP) is -0.456. The quantitative estimate of drug-likeness (QED) is 0.490. The van der Waals surface area contributed by atoms with Gasteiger partial charge in [0.05, 0.1) is 5.41 Å². The Bertz CT molecular complexity index is 222. The van der Waals surface area contributed by atoms with E-state index in [0.29, 0.717) is 0 Å². The van der Waals surface area contributed by atoms with Crippen molar-refractivity contribution in [2.75, 3.05) is 0 Å². The normalized spacial score (nSPS) is 35.6. The predicted molar refractivity (Wildman–Crippen MR) is 49.6 cm³/mol. The molecule has 0 spiro atoms. The first kappa shape index (κ1) is 11.5. The van der Waals surface area contributed by atoms with Crippen LogP contribution in [-0.2, 0) is 0 Å². The number of hydrogen-bond donors (Lipinski definition) is 4. The lowest BCUT2D eigenvalue weighted by Crippen LogP contribution is -2.59. The van der Waals surface area contributed by atoms with Crippen LogP contribution >= 0.6 is 12.2 Å². The molecule has 0 amide bonds. The first-order valence-electron chi connectivity index (χ1n) is 4.09. The van der Waals surface area contributed by atoms with E-state index < -0.39 is 18.1 Å². The molecule has 0 bridgehead atoms. The molecule has 2 atom stereocenters. The van der Waals surface area contributed by atoms with Crippen LogP contribution in [0.5, 0.6) is 0 Å². The van der Waals surface area contributed by atoms with Crippen LogP contribution < -0.4 is 11.1 Å². The van der Waals surface area contributed by atoms with Crippen LogP contribution in [0.1, 0.15) is 12.8 Å². The maximum atomic E-state index is 12.6. The first-order valence-corrected chi connectivity index (χ1v) is 4.49. The molecule has 0 aromatic carbocycles. The molecule has 0 aromatic heterocycles. The molecule has 5 N–H and O–H groups in total. The van der Waals surface area contributed by atoms with Gasteiger partial charge in [0.15, 0.2) is 5.11 Å². The van der Waals surface area contributed by atoms with Crippen LogP contribution in [0.3, 0.4) is 0 Å². The average molecular weight is 226 g/mol. The minimum absolute atomic E-state index is 0.0327. The van der Waals surface area contributed by atoms with Crippen molar-refractivity contribution in [2.24, 2.45) is 11.1 Å². The van der Waals surface area contributed by atoms with Crippen molar-refractivity contribution < 1.29 is 19.0 Å². The number of halogens is 2. The van der Waals surface area contributed by atoms with E-state index in [9.17, 15) is 8.78 Å². The Morgan fingerprint density at radius 2 is 1.86 bits per heavy atom. The molecule has 7 heteroatoms. The van der Waals surface area contributed by atoms with Crippen molar-refractivity contribution in [3.05, 3.63) is 0 Å². The van der Waals surface area contributed by atoms with Gasteiger partial charge < -0.3 is 21.3 Å². The summed E-state index contributed by atoms with van der Waals surface area (Å²) < 4.78 is 25.3. The van der Waals surface area contributed by atoms with E-state index in [4.69, 9.17) is 15.9 Å². The van der Waals surface area contributed by atoms with Gasteiger partial charge in [-0.2, -0.15) is 0 Å². The van der Waals surface area contributed by atoms with Crippen molar-refractivity contribution in [3.8, 4) is 0 Å². The fourth-order valence-corrected chi connectivity index (χ4v) is 1.83. The highest BCUT2D eigenvalue weighted by atomic mass is 32.1. The Labute approximate surface area is 85.1 Å². The highest BCUT2D eigenvalue weighted by Gasteiger charge is 2.55. The standard InChI is InChI=1S/C7H12F2N2O2S/c8-4(12)7(5(9)13)1-3(2-7)11-6(10)14/h3-5,12-13H,1-2H2,(H3,10,11,14). The molecule has 2 unspecified atom stereocenters. The molecule has 0 saturated heterocycles. The lowest BCUT2D eigenvalue weighted by molar-refractivity contribution is -0.219. The largest absolute Gasteiger partial charge is 0.376 e. The highest BCUT2D eigenvalue weighted by Crippen LogP contribution is 2.47. The Morgan fingerprint density at radius 3 is 2.14 bits per heavy atom. The third kappa shape index (κ3) is 1.94. The van der Waals surface area contributed by atoms with Gasteiger partial charge >= 0.3 is 0 Å². The van der Waals surface area contributed by atoms with E-state index in [1.165, 1.54) is 0 Å². The number of nitrogens with one attached hydrogen (secondary N) is 1. The molecular weight excluding hydrogens is 214 g/mol. The molecule has 1 fully saturated rings. The summed E-state index contributed by atoms with van der Waals surface area (Å²) >= 11 is 4.53. The minimum Gasteiger partial charge on any atom is -0.376 e. The summed E-state index contributed by atoms with van der Waals surface area (Å²) in [6.45, 7) is 0. The number of thiocarbonyl (C=S) groups is 1. The van der Waals surface area contributed by atoms with Crippen LogP contribution in [0.2, 0.25) is 0 Å². The van der Waals surface area contributed by atoms with Crippen LogP contribution in [0, 0.1) is 5.41 Å². The summed E-state index contributed by atoms with van der Waals surface area (Å²) in [4.78, 5) is 0. The molecule has 4 nitrogen and oxygen atoms in total. The molecule has 82 valence electrons. The van der Waals surface area contributed by atoms with E-state index in [1.54, 1.807) is 0 Å². The molecule has 1 aliphatic rings. The molecule has 14 heavy (non-hydrogen) atoms. The topological polar surface area (TPSA) is 78.5 Å². The van der Waals surface area contributed by atoms with E-state index >= 15 is 0 Å². The molecular formula is C7H12F2N2O2S. The lowest BCUT2D eigenvalue weighted by atomic mass is 9.65. The van der Waals surface area contributed by atoms with Gasteiger partial charge in [0.1, 0.15) is 0 Å². The van der Waals surface area contributed by atoms with Crippen LogP contribution in [0.25, 0.3) is 0 Å². The van der Waals surface area contributed by atoms with Gasteiger partial charge in [-0.15, -0.1) is 0 Å². The summed E-state index contributed by atoms with van der Waals surface area (Å²) in [7, 11) is 0. The maximum Gasteiger partial charge on any atom is 0.207 e. The number of hydrogen-bond acceptors (Lipinski definition) is 3. The molecule has 1 aliphatic carbocycles. The zero-order chi connectivity index (χ0) is 10.9. The summed E-state index contributed by atoms with van der Waals surface area (Å²) in [6, 6.07) is -0.289. The third-order valence-corrected chi connectivity index (χ3v) is 2.67. The fourth-order valence-electron chi connectivity index (χ4n) is 1.66. The summed E-state index contributed by atoms with van der Waals surface area (Å²) in [5.41, 5.74) is 3.43.